The van der Waals surface area contributed by atoms with Gasteiger partial charge in [0.2, 0.25) is 5.91 Å². The Morgan fingerprint density at radius 2 is 2.17 bits per heavy atom. The molecular weight excluding hydrogens is 228 g/mol. The molecule has 1 aromatic rings. The molecule has 1 heterocycles. The molecular formula is C13H20N4O. The molecule has 0 radical (unpaired) electrons. The van der Waals surface area contributed by atoms with Crippen LogP contribution in [0.4, 0.5) is 0 Å². The average Bonchev–Trinajstić information content (AvgIpc) is 2.38. The number of amides is 1. The number of hydrogen-bond donors (Lipinski definition) is 2. The number of nitrogens with two attached hydrogens (primary N) is 1. The van der Waals surface area contributed by atoms with Gasteiger partial charge in [0, 0.05) is 18.2 Å². The van der Waals surface area contributed by atoms with E-state index in [9.17, 15) is 4.79 Å². The minimum absolute atomic E-state index is 0.00468. The summed E-state index contributed by atoms with van der Waals surface area (Å²) < 4.78 is 0. The Morgan fingerprint density at radius 1 is 1.39 bits per heavy atom. The lowest BCUT2D eigenvalue weighted by atomic mass is 9.80. The van der Waals surface area contributed by atoms with E-state index in [0.29, 0.717) is 13.0 Å². The van der Waals surface area contributed by atoms with Crippen LogP contribution in [0.15, 0.2) is 18.3 Å². The van der Waals surface area contributed by atoms with Crippen LogP contribution >= 0.6 is 0 Å². The van der Waals surface area contributed by atoms with Crippen molar-refractivity contribution in [2.75, 3.05) is 0 Å². The van der Waals surface area contributed by atoms with Crippen LogP contribution in [0.2, 0.25) is 0 Å². The maximum Gasteiger partial charge on any atom is 0.222 e. The van der Waals surface area contributed by atoms with Crippen molar-refractivity contribution in [2.45, 2.75) is 50.6 Å². The second-order valence-electron chi connectivity index (χ2n) is 5.09. The van der Waals surface area contributed by atoms with E-state index in [-0.39, 0.29) is 11.4 Å². The van der Waals surface area contributed by atoms with Crippen LogP contribution in [0.3, 0.4) is 0 Å². The van der Waals surface area contributed by atoms with Gasteiger partial charge in [-0.3, -0.25) is 4.79 Å². The zero-order valence-corrected chi connectivity index (χ0v) is 10.6. The average molecular weight is 248 g/mol. The minimum Gasteiger partial charge on any atom is -0.350 e. The highest BCUT2D eigenvalue weighted by atomic mass is 16.1. The van der Waals surface area contributed by atoms with Gasteiger partial charge >= 0.3 is 0 Å². The van der Waals surface area contributed by atoms with Crippen molar-refractivity contribution in [2.24, 2.45) is 5.73 Å². The lowest BCUT2D eigenvalue weighted by Gasteiger charge is -2.32. The zero-order valence-electron chi connectivity index (χ0n) is 10.6. The van der Waals surface area contributed by atoms with Crippen LogP contribution in [0.5, 0.6) is 0 Å². The molecule has 98 valence electrons. The van der Waals surface area contributed by atoms with Crippen molar-refractivity contribution < 1.29 is 4.79 Å². The van der Waals surface area contributed by atoms with Gasteiger partial charge in [0.1, 0.15) is 0 Å². The predicted molar refractivity (Wildman–Crippen MR) is 68.5 cm³/mol. The quantitative estimate of drug-likeness (QED) is 0.837. The fraction of sp³-hybridized carbons (Fsp3) is 0.615. The number of hydrogen-bond acceptors (Lipinski definition) is 4. The summed E-state index contributed by atoms with van der Waals surface area (Å²) in [5.74, 6) is 0.00468. The largest absolute Gasteiger partial charge is 0.350 e. The van der Waals surface area contributed by atoms with Gasteiger partial charge in [-0.15, -0.1) is 0 Å². The molecule has 1 fully saturated rings. The highest BCUT2D eigenvalue weighted by molar-refractivity contribution is 5.77. The Balaban J connectivity index is 1.78. The van der Waals surface area contributed by atoms with Gasteiger partial charge in [-0.1, -0.05) is 19.3 Å². The smallest absolute Gasteiger partial charge is 0.222 e. The molecule has 5 nitrogen and oxygen atoms in total. The van der Waals surface area contributed by atoms with Crippen molar-refractivity contribution >= 4 is 5.91 Å². The summed E-state index contributed by atoms with van der Waals surface area (Å²) >= 11 is 0. The minimum atomic E-state index is -0.301. The summed E-state index contributed by atoms with van der Waals surface area (Å²) in [6.45, 7) is 0.419. The first kappa shape index (κ1) is 13.0. The number of carbonyl (C=O) groups is 1. The van der Waals surface area contributed by atoms with E-state index in [1.807, 2.05) is 6.07 Å². The van der Waals surface area contributed by atoms with E-state index in [1.165, 1.54) is 6.42 Å². The fourth-order valence-corrected chi connectivity index (χ4v) is 2.43. The molecule has 0 aliphatic heterocycles. The van der Waals surface area contributed by atoms with E-state index in [0.717, 1.165) is 31.4 Å². The highest BCUT2D eigenvalue weighted by Crippen LogP contribution is 2.28. The molecule has 5 heteroatoms. The molecule has 1 aliphatic rings. The molecule has 3 N–H and O–H groups in total. The SMILES string of the molecule is NC1(CC(=O)NCc2cccnn2)CCCCC1. The highest BCUT2D eigenvalue weighted by Gasteiger charge is 2.29. The maximum absolute atomic E-state index is 11.9. The molecule has 2 rings (SSSR count). The van der Waals surface area contributed by atoms with Gasteiger partial charge < -0.3 is 11.1 Å². The van der Waals surface area contributed by atoms with Crippen LogP contribution in [-0.4, -0.2) is 21.6 Å². The third kappa shape index (κ3) is 3.77. The summed E-state index contributed by atoms with van der Waals surface area (Å²) in [4.78, 5) is 11.9. The number of rotatable bonds is 4. The van der Waals surface area contributed by atoms with Crippen LogP contribution in [-0.2, 0) is 11.3 Å². The second kappa shape index (κ2) is 5.91. The molecule has 1 aromatic heterocycles. The Labute approximate surface area is 107 Å². The summed E-state index contributed by atoms with van der Waals surface area (Å²) in [7, 11) is 0. The van der Waals surface area contributed by atoms with Gasteiger partial charge in [0.15, 0.2) is 0 Å². The third-order valence-corrected chi connectivity index (χ3v) is 3.46. The van der Waals surface area contributed by atoms with E-state index >= 15 is 0 Å². The van der Waals surface area contributed by atoms with E-state index < -0.39 is 0 Å². The maximum atomic E-state index is 11.9. The first-order chi connectivity index (χ1) is 8.68. The Kier molecular flexibility index (Phi) is 4.25. The Bertz CT molecular complexity index is 387. The van der Waals surface area contributed by atoms with Crippen LogP contribution in [0, 0.1) is 0 Å². The van der Waals surface area contributed by atoms with Crippen molar-refractivity contribution in [3.05, 3.63) is 24.0 Å². The van der Waals surface area contributed by atoms with Gasteiger partial charge in [-0.05, 0) is 25.0 Å². The molecule has 1 saturated carbocycles. The lowest BCUT2D eigenvalue weighted by molar-refractivity contribution is -0.122. The molecule has 0 unspecified atom stereocenters. The standard InChI is InChI=1S/C13H20N4O/c14-13(6-2-1-3-7-13)9-12(18)15-10-11-5-4-8-16-17-11/h4-5,8H,1-3,6-7,9-10,14H2,(H,15,18). The van der Waals surface area contributed by atoms with Gasteiger partial charge in [0.05, 0.1) is 12.2 Å². The summed E-state index contributed by atoms with van der Waals surface area (Å²) in [6.07, 6.45) is 7.43. The normalized spacial score (nSPS) is 18.3. The molecule has 0 spiro atoms. The first-order valence-electron chi connectivity index (χ1n) is 6.50. The van der Waals surface area contributed by atoms with Gasteiger partial charge in [-0.2, -0.15) is 10.2 Å². The molecule has 1 aliphatic carbocycles. The van der Waals surface area contributed by atoms with Gasteiger partial charge in [0.25, 0.3) is 0 Å². The second-order valence-corrected chi connectivity index (χ2v) is 5.09. The van der Waals surface area contributed by atoms with Crippen molar-refractivity contribution in [3.63, 3.8) is 0 Å². The molecule has 0 atom stereocenters. The number of nitrogens with zero attached hydrogens (tertiary/aromatic N) is 2. The van der Waals surface area contributed by atoms with Crippen molar-refractivity contribution in [1.82, 2.24) is 15.5 Å². The first-order valence-corrected chi connectivity index (χ1v) is 6.50. The number of nitrogens with one attached hydrogen (secondary N) is 1. The topological polar surface area (TPSA) is 80.9 Å². The number of carbonyl (C=O) groups excluding carboxylic acids is 1. The molecule has 0 bridgehead atoms. The zero-order chi connectivity index (χ0) is 12.8. The predicted octanol–water partition coefficient (Wildman–Crippen LogP) is 1.14. The van der Waals surface area contributed by atoms with Crippen molar-refractivity contribution in [1.29, 1.82) is 0 Å². The molecule has 0 aromatic carbocycles. The fourth-order valence-electron chi connectivity index (χ4n) is 2.43. The Hall–Kier alpha value is -1.49. The van der Waals surface area contributed by atoms with Crippen LogP contribution in [0.25, 0.3) is 0 Å². The van der Waals surface area contributed by atoms with Gasteiger partial charge in [-0.25, -0.2) is 0 Å². The molecule has 1 amide bonds. The van der Waals surface area contributed by atoms with Crippen molar-refractivity contribution in [3.8, 4) is 0 Å². The summed E-state index contributed by atoms with van der Waals surface area (Å²) in [5, 5.41) is 10.5. The third-order valence-electron chi connectivity index (χ3n) is 3.46. The summed E-state index contributed by atoms with van der Waals surface area (Å²) in [6, 6.07) is 3.64. The monoisotopic (exact) mass is 248 g/mol. The van der Waals surface area contributed by atoms with E-state index in [1.54, 1.807) is 12.3 Å². The molecule has 18 heavy (non-hydrogen) atoms. The van der Waals surface area contributed by atoms with Crippen LogP contribution < -0.4 is 11.1 Å². The van der Waals surface area contributed by atoms with Crippen LogP contribution in [0.1, 0.15) is 44.2 Å². The lowest BCUT2D eigenvalue weighted by Crippen LogP contribution is -2.45. The number of aromatic nitrogens is 2. The summed E-state index contributed by atoms with van der Waals surface area (Å²) in [5.41, 5.74) is 6.70. The van der Waals surface area contributed by atoms with E-state index in [2.05, 4.69) is 15.5 Å². The molecule has 0 saturated heterocycles. The Morgan fingerprint density at radius 3 is 2.83 bits per heavy atom. The van der Waals surface area contributed by atoms with E-state index in [4.69, 9.17) is 5.73 Å².